The molecule has 0 fully saturated rings. The van der Waals surface area contributed by atoms with E-state index in [1.807, 2.05) is 12.1 Å². The highest BCUT2D eigenvalue weighted by Crippen LogP contribution is 2.19. The summed E-state index contributed by atoms with van der Waals surface area (Å²) < 4.78 is 38.7. The van der Waals surface area contributed by atoms with Crippen LogP contribution in [0.2, 0.25) is 0 Å². The van der Waals surface area contributed by atoms with Gasteiger partial charge in [-0.05, 0) is 29.8 Å². The van der Waals surface area contributed by atoms with Crippen molar-refractivity contribution in [3.8, 4) is 5.69 Å². The van der Waals surface area contributed by atoms with Crippen molar-refractivity contribution in [2.24, 2.45) is 0 Å². The molecule has 0 radical (unpaired) electrons. The quantitative estimate of drug-likeness (QED) is 0.739. The number of hydrogen-bond donors (Lipinski definition) is 1. The number of halogens is 1. The number of nitrogens with zero attached hydrogens (tertiary/aromatic N) is 3. The summed E-state index contributed by atoms with van der Waals surface area (Å²) in [5, 5.41) is 7.91. The van der Waals surface area contributed by atoms with Crippen molar-refractivity contribution in [3.05, 3.63) is 53.8 Å². The van der Waals surface area contributed by atoms with Crippen LogP contribution < -0.4 is 4.72 Å². The third-order valence-corrected chi connectivity index (χ3v) is 3.37. The Bertz CT molecular complexity index is 821. The summed E-state index contributed by atoms with van der Waals surface area (Å²) in [5.41, 5.74) is 2.15. The first-order valence-electron chi connectivity index (χ1n) is 6.07. The fourth-order valence-corrected chi connectivity index (χ4v) is 2.31. The molecule has 0 bridgehead atoms. The molecule has 1 aromatic heterocycles. The Hall–Kier alpha value is -2.16. The lowest BCUT2D eigenvalue weighted by molar-refractivity contribution is 0.522. The van der Waals surface area contributed by atoms with Gasteiger partial charge in [-0.1, -0.05) is 23.4 Å². The van der Waals surface area contributed by atoms with Crippen molar-refractivity contribution < 1.29 is 13.2 Å². The van der Waals surface area contributed by atoms with Gasteiger partial charge in [0.05, 0.1) is 5.52 Å². The van der Waals surface area contributed by atoms with Crippen LogP contribution in [0.15, 0.2) is 42.5 Å². The summed E-state index contributed by atoms with van der Waals surface area (Å²) in [6, 6.07) is 11.7. The fourth-order valence-electron chi connectivity index (χ4n) is 2.02. The first-order valence-corrected chi connectivity index (χ1v) is 7.14. The summed E-state index contributed by atoms with van der Waals surface area (Å²) in [6.45, 7) is 0.0332. The van der Waals surface area contributed by atoms with Crippen molar-refractivity contribution in [2.75, 3.05) is 0 Å². The molecule has 0 saturated carbocycles. The van der Waals surface area contributed by atoms with Gasteiger partial charge >= 0.3 is 0 Å². The number of aromatic nitrogens is 3. The molecule has 0 aliphatic heterocycles. The van der Waals surface area contributed by atoms with Gasteiger partial charge in [0, 0.05) is 17.8 Å². The van der Waals surface area contributed by atoms with Crippen LogP contribution >= 0.6 is 0 Å². The van der Waals surface area contributed by atoms with E-state index in [1.54, 1.807) is 24.3 Å². The average Bonchev–Trinajstić information content (AvgIpc) is 2.89. The van der Waals surface area contributed by atoms with Gasteiger partial charge in [-0.15, -0.1) is 5.10 Å². The van der Waals surface area contributed by atoms with Crippen LogP contribution in [0.1, 0.15) is 5.56 Å². The SMILES string of the molecule is O=S([O-])NCc1ccc(-n2nnc3ccccc32)c(F)c1. The molecule has 8 heteroatoms. The van der Waals surface area contributed by atoms with Crippen molar-refractivity contribution in [2.45, 2.75) is 6.54 Å². The van der Waals surface area contributed by atoms with Crippen molar-refractivity contribution in [1.82, 2.24) is 19.7 Å². The molecule has 2 aromatic carbocycles. The minimum Gasteiger partial charge on any atom is -0.760 e. The molecule has 1 unspecified atom stereocenters. The Balaban J connectivity index is 1.97. The molecule has 0 amide bonds. The molecule has 0 aliphatic rings. The van der Waals surface area contributed by atoms with Crippen molar-refractivity contribution in [1.29, 1.82) is 0 Å². The maximum absolute atomic E-state index is 14.2. The van der Waals surface area contributed by atoms with Crippen LogP contribution in [0, 0.1) is 5.82 Å². The van der Waals surface area contributed by atoms with Gasteiger partial charge in [0.15, 0.2) is 0 Å². The van der Waals surface area contributed by atoms with E-state index in [1.165, 1.54) is 10.7 Å². The third-order valence-electron chi connectivity index (χ3n) is 2.99. The van der Waals surface area contributed by atoms with Gasteiger partial charge in [0.1, 0.15) is 17.0 Å². The standard InChI is InChI=1S/C13H11FN4O2S/c14-10-7-9(8-15-21(19)20)5-6-12(10)18-13-4-2-1-3-11(13)16-17-18/h1-7,15H,8H2,(H,19,20)/p-1. The number of nitrogens with one attached hydrogen (secondary N) is 1. The predicted octanol–water partition coefficient (Wildman–Crippen LogP) is 1.44. The normalized spacial score (nSPS) is 12.7. The number of rotatable bonds is 4. The number of benzene rings is 2. The Morgan fingerprint density at radius 3 is 2.86 bits per heavy atom. The topological polar surface area (TPSA) is 82.9 Å². The van der Waals surface area contributed by atoms with Crippen LogP contribution in [0.4, 0.5) is 4.39 Å². The lowest BCUT2D eigenvalue weighted by atomic mass is 10.2. The monoisotopic (exact) mass is 305 g/mol. The van der Waals surface area contributed by atoms with Crippen molar-refractivity contribution in [3.63, 3.8) is 0 Å². The number of hydrogen-bond acceptors (Lipinski definition) is 4. The van der Waals surface area contributed by atoms with E-state index in [0.717, 1.165) is 0 Å². The molecule has 1 N–H and O–H groups in total. The van der Waals surface area contributed by atoms with E-state index in [9.17, 15) is 13.2 Å². The smallest absolute Gasteiger partial charge is 0.149 e. The van der Waals surface area contributed by atoms with E-state index in [2.05, 4.69) is 15.0 Å². The molecule has 1 heterocycles. The molecule has 0 saturated heterocycles. The fraction of sp³-hybridized carbons (Fsp3) is 0.0769. The Labute approximate surface area is 122 Å². The van der Waals surface area contributed by atoms with Crippen LogP contribution in [-0.2, 0) is 17.8 Å². The molecule has 0 aliphatic carbocycles. The van der Waals surface area contributed by atoms with Gasteiger partial charge in [0.2, 0.25) is 0 Å². The molecule has 21 heavy (non-hydrogen) atoms. The maximum atomic E-state index is 14.2. The van der Waals surface area contributed by atoms with E-state index < -0.39 is 17.1 Å². The first kappa shape index (κ1) is 13.8. The zero-order chi connectivity index (χ0) is 14.8. The lowest BCUT2D eigenvalue weighted by Crippen LogP contribution is -2.15. The van der Waals surface area contributed by atoms with Crippen LogP contribution in [0.5, 0.6) is 0 Å². The molecule has 108 valence electrons. The zero-order valence-electron chi connectivity index (χ0n) is 10.7. The second kappa shape index (κ2) is 5.68. The van der Waals surface area contributed by atoms with Gasteiger partial charge in [-0.25, -0.2) is 13.8 Å². The van der Waals surface area contributed by atoms with E-state index in [-0.39, 0.29) is 12.2 Å². The zero-order valence-corrected chi connectivity index (χ0v) is 11.5. The Morgan fingerprint density at radius 1 is 1.29 bits per heavy atom. The lowest BCUT2D eigenvalue weighted by Gasteiger charge is -2.09. The minimum absolute atomic E-state index is 0.0332. The molecule has 0 spiro atoms. The largest absolute Gasteiger partial charge is 0.760 e. The molecule has 3 rings (SSSR count). The second-order valence-corrected chi connectivity index (χ2v) is 5.09. The second-order valence-electron chi connectivity index (χ2n) is 4.33. The van der Waals surface area contributed by atoms with Crippen LogP contribution in [0.25, 0.3) is 16.7 Å². The summed E-state index contributed by atoms with van der Waals surface area (Å²) in [7, 11) is 0. The highest BCUT2D eigenvalue weighted by atomic mass is 32.2. The van der Waals surface area contributed by atoms with E-state index in [0.29, 0.717) is 16.6 Å². The molecule has 1 atom stereocenters. The third kappa shape index (κ3) is 2.82. The van der Waals surface area contributed by atoms with Gasteiger partial charge in [-0.3, -0.25) is 4.21 Å². The summed E-state index contributed by atoms with van der Waals surface area (Å²) >= 11 is -2.38. The summed E-state index contributed by atoms with van der Waals surface area (Å²) in [5.74, 6) is -0.498. The van der Waals surface area contributed by atoms with Crippen molar-refractivity contribution >= 4 is 22.3 Å². The Kier molecular flexibility index (Phi) is 3.74. The highest BCUT2D eigenvalue weighted by molar-refractivity contribution is 7.77. The van der Waals surface area contributed by atoms with Crippen LogP contribution in [-0.4, -0.2) is 23.8 Å². The molecule has 3 aromatic rings. The average molecular weight is 305 g/mol. The van der Waals surface area contributed by atoms with Gasteiger partial charge in [0.25, 0.3) is 0 Å². The minimum atomic E-state index is -2.38. The highest BCUT2D eigenvalue weighted by Gasteiger charge is 2.10. The number of para-hydroxylation sites is 1. The molecular weight excluding hydrogens is 295 g/mol. The molecular formula is C13H10FN4O2S-. The van der Waals surface area contributed by atoms with E-state index in [4.69, 9.17) is 0 Å². The summed E-state index contributed by atoms with van der Waals surface area (Å²) in [4.78, 5) is 0. The first-order chi connectivity index (χ1) is 10.1. The maximum Gasteiger partial charge on any atom is 0.149 e. The van der Waals surface area contributed by atoms with E-state index >= 15 is 0 Å². The Morgan fingerprint density at radius 2 is 2.10 bits per heavy atom. The van der Waals surface area contributed by atoms with Crippen LogP contribution in [0.3, 0.4) is 0 Å². The van der Waals surface area contributed by atoms with Gasteiger partial charge < -0.3 is 4.55 Å². The summed E-state index contributed by atoms with van der Waals surface area (Å²) in [6.07, 6.45) is 0. The predicted molar refractivity (Wildman–Crippen MR) is 74.6 cm³/mol. The number of fused-ring (bicyclic) bond motifs is 1. The van der Waals surface area contributed by atoms with Gasteiger partial charge in [-0.2, -0.15) is 0 Å². The molecule has 6 nitrogen and oxygen atoms in total.